The van der Waals surface area contributed by atoms with Crippen LogP contribution < -0.4 is 15.2 Å². The number of para-hydroxylation sites is 1. The van der Waals surface area contributed by atoms with Gasteiger partial charge in [-0.3, -0.25) is 19.1 Å². The molecule has 1 aliphatic carbocycles. The van der Waals surface area contributed by atoms with Crippen LogP contribution >= 0.6 is 0 Å². The van der Waals surface area contributed by atoms with Gasteiger partial charge in [-0.05, 0) is 38.7 Å². The molecule has 1 N–H and O–H groups in total. The second kappa shape index (κ2) is 6.91. The number of benzene rings is 1. The summed E-state index contributed by atoms with van der Waals surface area (Å²) >= 11 is 0. The van der Waals surface area contributed by atoms with Gasteiger partial charge in [0.15, 0.2) is 5.75 Å². The molecule has 0 unspecified atom stereocenters. The number of carbonyl (C=O) groups excluding carboxylic acids is 1. The highest BCUT2D eigenvalue weighted by molar-refractivity contribution is 6.01. The minimum Gasteiger partial charge on any atom is -0.423 e. The molecule has 0 spiro atoms. The number of aromatic nitrogens is 2. The zero-order valence-corrected chi connectivity index (χ0v) is 16.1. The van der Waals surface area contributed by atoms with Crippen LogP contribution in [0.1, 0.15) is 48.5 Å². The van der Waals surface area contributed by atoms with E-state index in [9.17, 15) is 23.5 Å². The molecule has 0 fully saturated rings. The maximum absolute atomic E-state index is 14.3. The van der Waals surface area contributed by atoms with Gasteiger partial charge in [-0.15, -0.1) is 0 Å². The number of aliphatic hydroxyl groups excluding tert-OH is 1. The van der Waals surface area contributed by atoms with Gasteiger partial charge >= 0.3 is 12.0 Å². The monoisotopic (exact) mass is 405 g/mol. The quantitative estimate of drug-likeness (QED) is 0.847. The van der Waals surface area contributed by atoms with Gasteiger partial charge in [0.1, 0.15) is 5.82 Å². The molecule has 29 heavy (non-hydrogen) atoms. The molecular formula is C20H21F2N3O4. The third-order valence-corrected chi connectivity index (χ3v) is 5.44. The fraction of sp³-hybridized carbons (Fsp3) is 0.450. The van der Waals surface area contributed by atoms with Gasteiger partial charge < -0.3 is 9.84 Å². The van der Waals surface area contributed by atoms with E-state index in [1.807, 2.05) is 0 Å². The van der Waals surface area contributed by atoms with Crippen molar-refractivity contribution in [1.82, 2.24) is 9.55 Å². The van der Waals surface area contributed by atoms with Gasteiger partial charge in [0.05, 0.1) is 24.0 Å². The molecule has 4 rings (SSSR count). The first-order chi connectivity index (χ1) is 13.7. The van der Waals surface area contributed by atoms with E-state index in [2.05, 4.69) is 9.72 Å². The summed E-state index contributed by atoms with van der Waals surface area (Å²) in [7, 11) is 1.52. The van der Waals surface area contributed by atoms with E-state index in [0.29, 0.717) is 24.1 Å². The van der Waals surface area contributed by atoms with Crippen LogP contribution in [-0.4, -0.2) is 26.7 Å². The molecule has 1 aliphatic heterocycles. The van der Waals surface area contributed by atoms with E-state index in [1.165, 1.54) is 30.7 Å². The molecule has 7 nitrogen and oxygen atoms in total. The van der Waals surface area contributed by atoms with Crippen LogP contribution in [0.3, 0.4) is 0 Å². The fourth-order valence-electron chi connectivity index (χ4n) is 3.87. The molecule has 1 aromatic heterocycles. The van der Waals surface area contributed by atoms with Crippen molar-refractivity contribution < 1.29 is 23.4 Å². The summed E-state index contributed by atoms with van der Waals surface area (Å²) in [5.74, 6) is -1.58. The van der Waals surface area contributed by atoms with Gasteiger partial charge in [-0.25, -0.2) is 4.98 Å². The van der Waals surface area contributed by atoms with Crippen molar-refractivity contribution in [3.63, 3.8) is 0 Å². The highest BCUT2D eigenvalue weighted by Gasteiger charge is 2.51. The first-order valence-corrected chi connectivity index (χ1v) is 9.48. The smallest absolute Gasteiger partial charge is 0.423 e. The second-order valence-electron chi connectivity index (χ2n) is 7.41. The largest absolute Gasteiger partial charge is 0.483 e. The number of nitrogens with zero attached hydrogens (tertiary/aromatic N) is 3. The number of ether oxygens (including phenoxy) is 1. The summed E-state index contributed by atoms with van der Waals surface area (Å²) < 4.78 is 34.7. The maximum Gasteiger partial charge on any atom is 0.483 e. The van der Waals surface area contributed by atoms with E-state index in [-0.39, 0.29) is 34.9 Å². The molecule has 154 valence electrons. The molecule has 2 aromatic rings. The predicted octanol–water partition coefficient (Wildman–Crippen LogP) is 2.23. The molecule has 0 bridgehead atoms. The lowest BCUT2D eigenvalue weighted by molar-refractivity contribution is -0.193. The Hall–Kier alpha value is -2.81. The molecule has 2 heterocycles. The van der Waals surface area contributed by atoms with E-state index in [4.69, 9.17) is 0 Å². The van der Waals surface area contributed by atoms with E-state index in [1.54, 1.807) is 6.07 Å². The van der Waals surface area contributed by atoms with Gasteiger partial charge in [-0.2, -0.15) is 8.78 Å². The Morgan fingerprint density at radius 3 is 2.72 bits per heavy atom. The summed E-state index contributed by atoms with van der Waals surface area (Å²) in [4.78, 5) is 30.5. The third kappa shape index (κ3) is 3.19. The summed E-state index contributed by atoms with van der Waals surface area (Å²) in [6.07, 6.45) is -2.06. The first-order valence-electron chi connectivity index (χ1n) is 9.48. The Morgan fingerprint density at radius 1 is 1.28 bits per heavy atom. The number of aliphatic hydroxyl groups is 1. The number of carbonyl (C=O) groups is 1. The third-order valence-electron chi connectivity index (χ3n) is 5.44. The number of hydrogen-bond acceptors (Lipinski definition) is 5. The lowest BCUT2D eigenvalue weighted by Crippen LogP contribution is -2.51. The molecule has 0 saturated heterocycles. The number of hydrogen-bond donors (Lipinski definition) is 1. The van der Waals surface area contributed by atoms with Gasteiger partial charge in [-0.1, -0.05) is 12.1 Å². The maximum atomic E-state index is 14.3. The average Bonchev–Trinajstić information content (AvgIpc) is 2.68. The highest BCUT2D eigenvalue weighted by Crippen LogP contribution is 2.44. The number of fused-ring (bicyclic) bond motifs is 2. The Bertz CT molecular complexity index is 1050. The summed E-state index contributed by atoms with van der Waals surface area (Å²) in [6.45, 7) is 1.11. The summed E-state index contributed by atoms with van der Waals surface area (Å²) in [5, 5.41) is 9.92. The number of rotatable bonds is 3. The molecule has 0 saturated carbocycles. The standard InChI is InChI=1S/C20H21F2N3O4/c1-11(26)12-7-5-9-15-17(12)29-20(21,22)19(28)25(15)10-16-23-14-8-4-3-6-13(14)18(27)24(16)2/h5,7,9,11,26H,3-4,6,8,10H2,1-2H3/t11-/m0/s1. The molecular weight excluding hydrogens is 384 g/mol. The lowest BCUT2D eigenvalue weighted by atomic mass is 9.97. The zero-order chi connectivity index (χ0) is 20.9. The van der Waals surface area contributed by atoms with Crippen LogP contribution in [-0.2, 0) is 31.2 Å². The first kappa shape index (κ1) is 19.5. The fourth-order valence-corrected chi connectivity index (χ4v) is 3.87. The van der Waals surface area contributed by atoms with Crippen molar-refractivity contribution >= 4 is 11.6 Å². The Kier molecular flexibility index (Phi) is 4.65. The molecule has 1 aromatic carbocycles. The van der Waals surface area contributed by atoms with Crippen LogP contribution in [0.15, 0.2) is 23.0 Å². The number of amides is 1. The Labute approximate surface area is 165 Å². The van der Waals surface area contributed by atoms with E-state index >= 15 is 0 Å². The molecule has 2 aliphatic rings. The van der Waals surface area contributed by atoms with Crippen LogP contribution in [0, 0.1) is 0 Å². The van der Waals surface area contributed by atoms with Crippen molar-refractivity contribution in [2.45, 2.75) is 51.4 Å². The minimum absolute atomic E-state index is 0.103. The number of halogens is 2. The highest BCUT2D eigenvalue weighted by atomic mass is 19.3. The number of aryl methyl sites for hydroxylation is 1. The van der Waals surface area contributed by atoms with Crippen LogP contribution in [0.2, 0.25) is 0 Å². The van der Waals surface area contributed by atoms with Gasteiger partial charge in [0, 0.05) is 18.2 Å². The minimum atomic E-state index is -4.09. The second-order valence-corrected chi connectivity index (χ2v) is 7.41. The lowest BCUT2D eigenvalue weighted by Gasteiger charge is -2.35. The number of anilines is 1. The van der Waals surface area contributed by atoms with Gasteiger partial charge in [0.2, 0.25) is 0 Å². The zero-order valence-electron chi connectivity index (χ0n) is 16.1. The van der Waals surface area contributed by atoms with Crippen molar-refractivity contribution in [2.24, 2.45) is 7.05 Å². The average molecular weight is 405 g/mol. The summed E-state index contributed by atoms with van der Waals surface area (Å²) in [5.41, 5.74) is 1.35. The normalized spacial score (nSPS) is 18.7. The van der Waals surface area contributed by atoms with E-state index < -0.39 is 18.1 Å². The number of alkyl halides is 2. The van der Waals surface area contributed by atoms with Crippen molar-refractivity contribution in [1.29, 1.82) is 0 Å². The van der Waals surface area contributed by atoms with Crippen LogP contribution in [0.5, 0.6) is 5.75 Å². The Balaban J connectivity index is 1.82. The molecule has 1 atom stereocenters. The predicted molar refractivity (Wildman–Crippen MR) is 100.0 cm³/mol. The molecule has 1 amide bonds. The summed E-state index contributed by atoms with van der Waals surface area (Å²) in [6, 6.07) is 4.47. The Morgan fingerprint density at radius 2 is 2.00 bits per heavy atom. The van der Waals surface area contributed by atoms with E-state index in [0.717, 1.165) is 17.7 Å². The molecule has 9 heteroatoms. The SMILES string of the molecule is C[C@H](O)c1cccc2c1OC(F)(F)C(=O)N2Cc1nc2c(c(=O)n1C)CCCC2. The topological polar surface area (TPSA) is 84.7 Å². The van der Waals surface area contributed by atoms with Gasteiger partial charge in [0.25, 0.3) is 5.56 Å². The van der Waals surface area contributed by atoms with Crippen molar-refractivity contribution in [3.8, 4) is 5.75 Å². The van der Waals surface area contributed by atoms with Crippen molar-refractivity contribution in [2.75, 3.05) is 4.90 Å². The molecule has 0 radical (unpaired) electrons. The van der Waals surface area contributed by atoms with Crippen LogP contribution in [0.4, 0.5) is 14.5 Å². The van der Waals surface area contributed by atoms with Crippen LogP contribution in [0.25, 0.3) is 0 Å². The van der Waals surface area contributed by atoms with Crippen molar-refractivity contribution in [3.05, 3.63) is 51.2 Å².